The van der Waals surface area contributed by atoms with Gasteiger partial charge in [0.1, 0.15) is 5.52 Å². The van der Waals surface area contributed by atoms with Gasteiger partial charge >= 0.3 is 0 Å². The number of hydrogen-bond acceptors (Lipinski definition) is 4. The van der Waals surface area contributed by atoms with Gasteiger partial charge in [0.15, 0.2) is 17.3 Å². The largest absolute Gasteiger partial charge is 0.439 e. The zero-order valence-electron chi connectivity index (χ0n) is 12.9. The van der Waals surface area contributed by atoms with E-state index in [-0.39, 0.29) is 11.7 Å². The summed E-state index contributed by atoms with van der Waals surface area (Å²) < 4.78 is 7.50. The number of nitriles is 1. The number of carbonyl (C=O) groups is 1. The number of oxazole rings is 1. The van der Waals surface area contributed by atoms with Crippen LogP contribution in [0.4, 0.5) is 0 Å². The molecule has 2 heterocycles. The maximum Gasteiger partial charge on any atom is 0.220 e. The van der Waals surface area contributed by atoms with Gasteiger partial charge in [-0.25, -0.2) is 4.98 Å². The highest BCUT2D eigenvalue weighted by molar-refractivity contribution is 6.11. The molecule has 0 spiro atoms. The standard InChI is InChI=1S/C19H13N3O2/c1-22-11-14(12-6-2-4-8-16(12)22)18(23)13(10-20)19-21-15-7-3-5-9-17(15)24-19/h2-9,11,13H,1H3/t13-/m0/s1. The number of fused-ring (bicyclic) bond motifs is 2. The van der Waals surface area contributed by atoms with Gasteiger partial charge in [-0.2, -0.15) is 5.26 Å². The Morgan fingerprint density at radius 2 is 1.96 bits per heavy atom. The Kier molecular flexibility index (Phi) is 3.17. The van der Waals surface area contributed by atoms with Crippen LogP contribution in [0.15, 0.2) is 59.1 Å². The molecule has 24 heavy (non-hydrogen) atoms. The van der Waals surface area contributed by atoms with Crippen LogP contribution in [-0.2, 0) is 7.05 Å². The molecule has 0 N–H and O–H groups in total. The molecule has 0 fully saturated rings. The molecule has 0 unspecified atom stereocenters. The first-order valence-electron chi connectivity index (χ1n) is 7.52. The van der Waals surface area contributed by atoms with E-state index in [0.29, 0.717) is 16.7 Å². The molecule has 2 aromatic carbocycles. The monoisotopic (exact) mass is 315 g/mol. The third kappa shape index (κ3) is 2.09. The zero-order chi connectivity index (χ0) is 16.7. The highest BCUT2D eigenvalue weighted by Gasteiger charge is 2.29. The highest BCUT2D eigenvalue weighted by atomic mass is 16.3. The summed E-state index contributed by atoms with van der Waals surface area (Å²) in [6.45, 7) is 0. The van der Waals surface area contributed by atoms with E-state index >= 15 is 0 Å². The second-order valence-electron chi connectivity index (χ2n) is 5.62. The quantitative estimate of drug-likeness (QED) is 0.539. The van der Waals surface area contributed by atoms with Crippen molar-refractivity contribution in [2.45, 2.75) is 5.92 Å². The Morgan fingerprint density at radius 1 is 1.21 bits per heavy atom. The maximum atomic E-state index is 12.9. The topological polar surface area (TPSA) is 71.8 Å². The minimum Gasteiger partial charge on any atom is -0.439 e. The SMILES string of the molecule is Cn1cc(C(=O)[C@H](C#N)c2nc3ccccc3o2)c2ccccc21. The number of rotatable bonds is 3. The summed E-state index contributed by atoms with van der Waals surface area (Å²) in [6.07, 6.45) is 1.75. The third-order valence-electron chi connectivity index (χ3n) is 4.11. The normalized spacial score (nSPS) is 12.3. The Labute approximate surface area is 137 Å². The van der Waals surface area contributed by atoms with Crippen LogP contribution in [0.3, 0.4) is 0 Å². The first-order valence-corrected chi connectivity index (χ1v) is 7.52. The van der Waals surface area contributed by atoms with E-state index in [9.17, 15) is 10.1 Å². The zero-order valence-corrected chi connectivity index (χ0v) is 12.9. The Hall–Kier alpha value is -3.39. The van der Waals surface area contributed by atoms with Crippen LogP contribution in [-0.4, -0.2) is 15.3 Å². The van der Waals surface area contributed by atoms with E-state index in [4.69, 9.17) is 4.42 Å². The number of aromatic nitrogens is 2. The van der Waals surface area contributed by atoms with Gasteiger partial charge in [0.25, 0.3) is 0 Å². The van der Waals surface area contributed by atoms with Crippen molar-refractivity contribution in [1.82, 2.24) is 9.55 Å². The Bertz CT molecular complexity index is 1080. The molecule has 0 bridgehead atoms. The summed E-state index contributed by atoms with van der Waals surface area (Å²) in [6, 6.07) is 16.9. The lowest BCUT2D eigenvalue weighted by Crippen LogP contribution is -2.11. The van der Waals surface area contributed by atoms with Crippen molar-refractivity contribution in [2.75, 3.05) is 0 Å². The summed E-state index contributed by atoms with van der Waals surface area (Å²) in [7, 11) is 1.87. The fourth-order valence-electron chi connectivity index (χ4n) is 2.93. The molecule has 0 aliphatic carbocycles. The van der Waals surface area contributed by atoms with Crippen molar-refractivity contribution in [2.24, 2.45) is 7.05 Å². The van der Waals surface area contributed by atoms with E-state index in [1.807, 2.05) is 54.1 Å². The van der Waals surface area contributed by atoms with Crippen LogP contribution in [0.1, 0.15) is 22.2 Å². The Balaban J connectivity index is 1.82. The van der Waals surface area contributed by atoms with Gasteiger partial charge in [-0.15, -0.1) is 0 Å². The van der Waals surface area contributed by atoms with Crippen molar-refractivity contribution in [3.05, 3.63) is 66.2 Å². The molecule has 0 amide bonds. The molecule has 4 aromatic rings. The second kappa shape index (κ2) is 5.36. The minimum absolute atomic E-state index is 0.136. The van der Waals surface area contributed by atoms with E-state index in [1.165, 1.54) is 0 Å². The van der Waals surface area contributed by atoms with Crippen LogP contribution >= 0.6 is 0 Å². The van der Waals surface area contributed by atoms with Crippen LogP contribution in [0.2, 0.25) is 0 Å². The average molecular weight is 315 g/mol. The molecule has 5 nitrogen and oxygen atoms in total. The molecule has 0 aliphatic rings. The predicted octanol–water partition coefficient (Wildman–Crippen LogP) is 3.81. The van der Waals surface area contributed by atoms with Gasteiger partial charge in [-0.3, -0.25) is 4.79 Å². The number of para-hydroxylation sites is 3. The molecule has 4 rings (SSSR count). The average Bonchev–Trinajstić information content (AvgIpc) is 3.17. The van der Waals surface area contributed by atoms with Gasteiger partial charge in [-0.05, 0) is 18.2 Å². The number of carbonyl (C=O) groups excluding carboxylic acids is 1. The van der Waals surface area contributed by atoms with Gasteiger partial charge in [0, 0.05) is 29.7 Å². The number of aryl methyl sites for hydroxylation is 1. The Morgan fingerprint density at radius 3 is 2.75 bits per heavy atom. The number of Topliss-reactive ketones (excluding diaryl/α,β-unsaturated/α-hetero) is 1. The maximum absolute atomic E-state index is 12.9. The summed E-state index contributed by atoms with van der Waals surface area (Å²) >= 11 is 0. The van der Waals surface area contributed by atoms with Crippen molar-refractivity contribution in [3.63, 3.8) is 0 Å². The summed E-state index contributed by atoms with van der Waals surface area (Å²) in [4.78, 5) is 17.2. The third-order valence-corrected chi connectivity index (χ3v) is 4.11. The molecule has 0 saturated heterocycles. The minimum atomic E-state index is -1.07. The van der Waals surface area contributed by atoms with Crippen molar-refractivity contribution < 1.29 is 9.21 Å². The van der Waals surface area contributed by atoms with Gasteiger partial charge < -0.3 is 8.98 Å². The number of benzene rings is 2. The summed E-state index contributed by atoms with van der Waals surface area (Å²) in [5.41, 5.74) is 2.65. The van der Waals surface area contributed by atoms with Crippen molar-refractivity contribution in [1.29, 1.82) is 5.26 Å². The van der Waals surface area contributed by atoms with Crippen molar-refractivity contribution >= 4 is 27.8 Å². The molecular formula is C19H13N3O2. The van der Waals surface area contributed by atoms with E-state index in [0.717, 1.165) is 10.9 Å². The molecule has 1 atom stereocenters. The van der Waals surface area contributed by atoms with E-state index < -0.39 is 5.92 Å². The molecule has 0 saturated carbocycles. The lowest BCUT2D eigenvalue weighted by molar-refractivity contribution is 0.0971. The number of nitrogens with zero attached hydrogens (tertiary/aromatic N) is 3. The molecule has 5 heteroatoms. The second-order valence-corrected chi connectivity index (χ2v) is 5.62. The van der Waals surface area contributed by atoms with E-state index in [1.54, 1.807) is 18.3 Å². The highest BCUT2D eigenvalue weighted by Crippen LogP contribution is 2.28. The molecule has 0 radical (unpaired) electrons. The summed E-state index contributed by atoms with van der Waals surface area (Å²) in [5, 5.41) is 10.4. The molecular weight excluding hydrogens is 302 g/mol. The van der Waals surface area contributed by atoms with Crippen LogP contribution < -0.4 is 0 Å². The van der Waals surface area contributed by atoms with Gasteiger partial charge in [-0.1, -0.05) is 30.3 Å². The smallest absolute Gasteiger partial charge is 0.220 e. The lowest BCUT2D eigenvalue weighted by atomic mass is 9.98. The first-order chi connectivity index (χ1) is 11.7. The lowest BCUT2D eigenvalue weighted by Gasteiger charge is -2.03. The van der Waals surface area contributed by atoms with Crippen LogP contribution in [0.25, 0.3) is 22.0 Å². The van der Waals surface area contributed by atoms with E-state index in [2.05, 4.69) is 4.98 Å². The predicted molar refractivity (Wildman–Crippen MR) is 89.6 cm³/mol. The summed E-state index contributed by atoms with van der Waals surface area (Å²) in [5.74, 6) is -1.24. The van der Waals surface area contributed by atoms with Gasteiger partial charge in [0.2, 0.25) is 5.89 Å². The van der Waals surface area contributed by atoms with Crippen LogP contribution in [0, 0.1) is 11.3 Å². The first kappa shape index (κ1) is 14.2. The van der Waals surface area contributed by atoms with Gasteiger partial charge in [0.05, 0.1) is 6.07 Å². The number of ketones is 1. The number of hydrogen-bond donors (Lipinski definition) is 0. The fourth-order valence-corrected chi connectivity index (χ4v) is 2.93. The molecule has 116 valence electrons. The van der Waals surface area contributed by atoms with Crippen LogP contribution in [0.5, 0.6) is 0 Å². The molecule has 2 aromatic heterocycles. The van der Waals surface area contributed by atoms with Crippen molar-refractivity contribution in [3.8, 4) is 6.07 Å². The molecule has 0 aliphatic heterocycles. The fraction of sp³-hybridized carbons (Fsp3) is 0.105.